The Balaban J connectivity index is 2.62. The third-order valence-corrected chi connectivity index (χ3v) is 3.81. The quantitative estimate of drug-likeness (QED) is 0.868. The third kappa shape index (κ3) is 3.31. The van der Waals surface area contributed by atoms with Crippen molar-refractivity contribution in [3.8, 4) is 0 Å². The molecule has 0 radical (unpaired) electrons. The molecule has 0 fully saturated rings. The monoisotopic (exact) mass is 305 g/mol. The van der Waals surface area contributed by atoms with Crippen molar-refractivity contribution in [3.63, 3.8) is 0 Å². The van der Waals surface area contributed by atoms with Crippen LogP contribution in [0.15, 0.2) is 15.9 Å². The molecular weight excluding hydrogens is 294 g/mol. The number of carboxylic acid groups (broad SMARTS) is 1. The first-order valence-electron chi connectivity index (χ1n) is 4.62. The molecular formula is C10H12BrNO3S. The maximum Gasteiger partial charge on any atom is 0.315 e. The van der Waals surface area contributed by atoms with E-state index >= 15 is 0 Å². The van der Waals surface area contributed by atoms with E-state index in [0.717, 1.165) is 9.35 Å². The number of amides is 1. The van der Waals surface area contributed by atoms with Crippen molar-refractivity contribution in [2.75, 3.05) is 7.05 Å². The summed E-state index contributed by atoms with van der Waals surface area (Å²) in [6.45, 7) is 1.83. The fraction of sp³-hybridized carbons (Fsp3) is 0.400. The van der Waals surface area contributed by atoms with Crippen LogP contribution in [0.1, 0.15) is 11.8 Å². The Hall–Kier alpha value is -0.880. The van der Waals surface area contributed by atoms with Gasteiger partial charge in [-0.15, -0.1) is 11.3 Å². The van der Waals surface area contributed by atoms with Gasteiger partial charge in [-0.05, 0) is 28.9 Å². The van der Waals surface area contributed by atoms with Crippen LogP contribution in [0, 0.1) is 5.92 Å². The van der Waals surface area contributed by atoms with Gasteiger partial charge in [-0.25, -0.2) is 0 Å². The van der Waals surface area contributed by atoms with Crippen molar-refractivity contribution in [1.82, 2.24) is 4.90 Å². The van der Waals surface area contributed by atoms with Crippen LogP contribution in [0.25, 0.3) is 0 Å². The summed E-state index contributed by atoms with van der Waals surface area (Å²) in [5, 5.41) is 10.6. The van der Waals surface area contributed by atoms with E-state index in [-0.39, 0.29) is 5.91 Å². The van der Waals surface area contributed by atoms with Crippen molar-refractivity contribution in [2.45, 2.75) is 13.5 Å². The van der Waals surface area contributed by atoms with Gasteiger partial charge in [0.25, 0.3) is 0 Å². The average Bonchev–Trinajstić information content (AvgIpc) is 2.61. The van der Waals surface area contributed by atoms with Crippen LogP contribution in [0.4, 0.5) is 0 Å². The molecule has 0 aliphatic heterocycles. The van der Waals surface area contributed by atoms with Crippen molar-refractivity contribution in [1.29, 1.82) is 0 Å². The number of carbonyl (C=O) groups is 2. The molecule has 0 bridgehead atoms. The largest absolute Gasteiger partial charge is 0.481 e. The van der Waals surface area contributed by atoms with E-state index in [4.69, 9.17) is 5.11 Å². The van der Waals surface area contributed by atoms with Crippen molar-refractivity contribution < 1.29 is 14.7 Å². The van der Waals surface area contributed by atoms with Crippen LogP contribution in [-0.2, 0) is 16.1 Å². The van der Waals surface area contributed by atoms with Gasteiger partial charge >= 0.3 is 5.97 Å². The second-order valence-electron chi connectivity index (χ2n) is 3.49. The number of rotatable bonds is 4. The molecule has 4 nitrogen and oxygen atoms in total. The minimum atomic E-state index is -1.09. The molecule has 1 amide bonds. The molecule has 0 aromatic carbocycles. The fourth-order valence-corrected chi connectivity index (χ4v) is 2.69. The van der Waals surface area contributed by atoms with Gasteiger partial charge in [-0.2, -0.15) is 0 Å². The highest BCUT2D eigenvalue weighted by atomic mass is 79.9. The van der Waals surface area contributed by atoms with Gasteiger partial charge < -0.3 is 10.0 Å². The fourth-order valence-electron chi connectivity index (χ4n) is 1.18. The van der Waals surface area contributed by atoms with E-state index in [1.165, 1.54) is 23.2 Å². The summed E-state index contributed by atoms with van der Waals surface area (Å²) in [4.78, 5) is 24.7. The normalized spacial score (nSPS) is 12.2. The van der Waals surface area contributed by atoms with Crippen LogP contribution in [-0.4, -0.2) is 28.9 Å². The lowest BCUT2D eigenvalue weighted by Gasteiger charge is -2.18. The number of carbonyl (C=O) groups excluding carboxylic acids is 1. The first-order chi connectivity index (χ1) is 7.41. The highest BCUT2D eigenvalue weighted by molar-refractivity contribution is 9.10. The first kappa shape index (κ1) is 13.2. The Morgan fingerprint density at radius 1 is 1.62 bits per heavy atom. The minimum Gasteiger partial charge on any atom is -0.481 e. The SMILES string of the molecule is CC(C(=O)O)C(=O)N(C)Cc1cc(Br)cs1. The lowest BCUT2D eigenvalue weighted by molar-refractivity contribution is -0.149. The van der Waals surface area contributed by atoms with Crippen molar-refractivity contribution in [3.05, 3.63) is 20.8 Å². The minimum absolute atomic E-state index is 0.378. The Morgan fingerprint density at radius 3 is 2.69 bits per heavy atom. The second-order valence-corrected chi connectivity index (χ2v) is 5.40. The lowest BCUT2D eigenvalue weighted by atomic mass is 10.1. The Kier molecular flexibility index (Phi) is 4.49. The summed E-state index contributed by atoms with van der Waals surface area (Å²) in [5.41, 5.74) is 0. The van der Waals surface area contributed by atoms with Crippen molar-refractivity contribution >= 4 is 39.1 Å². The van der Waals surface area contributed by atoms with Gasteiger partial charge in [0.1, 0.15) is 5.92 Å². The number of nitrogens with zero attached hydrogens (tertiary/aromatic N) is 1. The molecule has 1 atom stereocenters. The summed E-state index contributed by atoms with van der Waals surface area (Å²) >= 11 is 4.85. The maximum absolute atomic E-state index is 11.6. The molecule has 1 unspecified atom stereocenters. The summed E-state index contributed by atoms with van der Waals surface area (Å²) < 4.78 is 0.972. The molecule has 0 aliphatic rings. The van der Waals surface area contributed by atoms with Crippen molar-refractivity contribution in [2.24, 2.45) is 5.92 Å². The van der Waals surface area contributed by atoms with Crippen LogP contribution < -0.4 is 0 Å². The summed E-state index contributed by atoms with van der Waals surface area (Å²) in [5.74, 6) is -2.46. The number of hydrogen-bond donors (Lipinski definition) is 1. The molecule has 1 aromatic rings. The second kappa shape index (κ2) is 5.45. The Bertz CT molecular complexity index is 405. The van der Waals surface area contributed by atoms with Gasteiger partial charge in [0.2, 0.25) is 5.91 Å². The molecule has 0 saturated carbocycles. The van der Waals surface area contributed by atoms with E-state index in [1.54, 1.807) is 7.05 Å². The molecule has 1 rings (SSSR count). The van der Waals surface area contributed by atoms with Gasteiger partial charge in [0.15, 0.2) is 0 Å². The number of thiophene rings is 1. The first-order valence-corrected chi connectivity index (χ1v) is 6.29. The summed E-state index contributed by atoms with van der Waals surface area (Å²) in [6.07, 6.45) is 0. The predicted octanol–water partition coefficient (Wildman–Crippen LogP) is 2.19. The Labute approximate surface area is 106 Å². The molecule has 16 heavy (non-hydrogen) atoms. The molecule has 0 saturated heterocycles. The molecule has 0 spiro atoms. The smallest absolute Gasteiger partial charge is 0.315 e. The summed E-state index contributed by atoms with van der Waals surface area (Å²) in [6, 6.07) is 1.92. The molecule has 6 heteroatoms. The van der Waals surface area contributed by atoms with Crippen LogP contribution in [0.2, 0.25) is 0 Å². The Morgan fingerprint density at radius 2 is 2.25 bits per heavy atom. The predicted molar refractivity (Wildman–Crippen MR) is 65.3 cm³/mol. The zero-order valence-corrected chi connectivity index (χ0v) is 11.3. The maximum atomic E-state index is 11.6. The molecule has 0 aliphatic carbocycles. The lowest BCUT2D eigenvalue weighted by Crippen LogP contribution is -2.34. The van der Waals surface area contributed by atoms with E-state index in [1.807, 2.05) is 11.4 Å². The summed E-state index contributed by atoms with van der Waals surface area (Å²) in [7, 11) is 1.61. The van der Waals surface area contributed by atoms with Crippen LogP contribution in [0.3, 0.4) is 0 Å². The van der Waals surface area contributed by atoms with Gasteiger partial charge in [0.05, 0.1) is 6.54 Å². The third-order valence-electron chi connectivity index (χ3n) is 2.13. The highest BCUT2D eigenvalue weighted by Gasteiger charge is 2.24. The van der Waals surface area contributed by atoms with Crippen LogP contribution in [0.5, 0.6) is 0 Å². The molecule has 1 heterocycles. The molecule has 88 valence electrons. The number of halogens is 1. The van der Waals surface area contributed by atoms with E-state index in [9.17, 15) is 9.59 Å². The number of hydrogen-bond acceptors (Lipinski definition) is 3. The van der Waals surface area contributed by atoms with Gasteiger partial charge in [-0.3, -0.25) is 9.59 Å². The average molecular weight is 306 g/mol. The van der Waals surface area contributed by atoms with E-state index < -0.39 is 11.9 Å². The standard InChI is InChI=1S/C10H12BrNO3S/c1-6(10(14)15)9(13)12(2)4-8-3-7(11)5-16-8/h3,5-6H,4H2,1-2H3,(H,14,15). The van der Waals surface area contributed by atoms with E-state index in [2.05, 4.69) is 15.9 Å². The van der Waals surface area contributed by atoms with Gasteiger partial charge in [0, 0.05) is 21.8 Å². The molecule has 1 N–H and O–H groups in total. The van der Waals surface area contributed by atoms with E-state index in [0.29, 0.717) is 6.54 Å². The topological polar surface area (TPSA) is 57.6 Å². The van der Waals surface area contributed by atoms with Gasteiger partial charge in [-0.1, -0.05) is 0 Å². The molecule has 1 aromatic heterocycles. The number of carboxylic acids is 1. The number of aliphatic carboxylic acids is 1. The van der Waals surface area contributed by atoms with Crippen LogP contribution >= 0.6 is 27.3 Å². The zero-order valence-electron chi connectivity index (χ0n) is 8.94. The highest BCUT2D eigenvalue weighted by Crippen LogP contribution is 2.21. The zero-order chi connectivity index (χ0) is 12.3.